The van der Waals surface area contributed by atoms with Crippen molar-refractivity contribution in [1.29, 1.82) is 0 Å². The van der Waals surface area contributed by atoms with Crippen molar-refractivity contribution in [2.45, 2.75) is 290 Å². The molecule has 0 bridgehead atoms. The Labute approximate surface area is 453 Å². The lowest BCUT2D eigenvalue weighted by Crippen LogP contribution is -2.30. The molecule has 0 aromatic heterocycles. The Balaban J connectivity index is 4.72. The number of hydrogen-bond acceptors (Lipinski definition) is 10. The summed E-state index contributed by atoms with van der Waals surface area (Å²) in [5, 5.41) is 9.81. The van der Waals surface area contributed by atoms with E-state index in [4.69, 9.17) is 23.3 Å². The molecule has 0 aromatic rings. The maximum atomic E-state index is 12.9. The number of aliphatic hydroxyl groups is 1. The molecule has 74 heavy (non-hydrogen) atoms. The molecule has 3 unspecified atom stereocenters. The third-order valence-electron chi connectivity index (χ3n) is 12.9. The zero-order valence-corrected chi connectivity index (χ0v) is 48.5. The first kappa shape index (κ1) is 71.2. The SMILES string of the molecule is CC/C=C\C/C=C\C/C=C\C/C=C\CCCCCCCCC(=O)OCC(COP(=O)(O)OCC(CO)OC(=O)CCCCCCC/C=C\CCCCCC)OC(=O)CCCCCCCCCCCCCCCCC. The molecule has 0 heterocycles. The number of unbranched alkanes of at least 4 members (excludes halogenated alkanes) is 29. The van der Waals surface area contributed by atoms with Crippen molar-refractivity contribution in [3.05, 3.63) is 60.8 Å². The van der Waals surface area contributed by atoms with Gasteiger partial charge in [0.25, 0.3) is 0 Å². The lowest BCUT2D eigenvalue weighted by atomic mass is 10.0. The Morgan fingerprint density at radius 2 is 0.703 bits per heavy atom. The number of phosphoric ester groups is 1. The number of hydrogen-bond donors (Lipinski definition) is 2. The van der Waals surface area contributed by atoms with Crippen LogP contribution in [0.2, 0.25) is 0 Å². The Morgan fingerprint density at radius 1 is 0.392 bits per heavy atom. The van der Waals surface area contributed by atoms with Crippen LogP contribution in [-0.2, 0) is 42.2 Å². The van der Waals surface area contributed by atoms with Gasteiger partial charge in [0.05, 0.1) is 19.8 Å². The van der Waals surface area contributed by atoms with Gasteiger partial charge in [-0.2, -0.15) is 0 Å². The lowest BCUT2D eigenvalue weighted by Gasteiger charge is -2.21. The number of carbonyl (C=O) groups is 3. The molecule has 0 aliphatic carbocycles. The lowest BCUT2D eigenvalue weighted by molar-refractivity contribution is -0.161. The molecule has 0 aromatic carbocycles. The van der Waals surface area contributed by atoms with Gasteiger partial charge in [-0.25, -0.2) is 4.57 Å². The third-order valence-corrected chi connectivity index (χ3v) is 13.9. The zero-order chi connectivity index (χ0) is 54.1. The van der Waals surface area contributed by atoms with E-state index >= 15 is 0 Å². The molecule has 0 spiro atoms. The van der Waals surface area contributed by atoms with E-state index in [1.54, 1.807) is 0 Å². The molecule has 0 saturated heterocycles. The van der Waals surface area contributed by atoms with Crippen LogP contribution in [-0.4, -0.2) is 66.5 Å². The first-order chi connectivity index (χ1) is 36.2. The van der Waals surface area contributed by atoms with Gasteiger partial charge in [-0.3, -0.25) is 23.4 Å². The van der Waals surface area contributed by atoms with Crippen LogP contribution >= 0.6 is 7.82 Å². The van der Waals surface area contributed by atoms with Crippen LogP contribution in [0.15, 0.2) is 60.8 Å². The molecule has 12 heteroatoms. The summed E-state index contributed by atoms with van der Waals surface area (Å²) < 4.78 is 39.6. The van der Waals surface area contributed by atoms with E-state index in [-0.39, 0.29) is 25.9 Å². The quantitative estimate of drug-likeness (QED) is 0.0197. The summed E-state index contributed by atoms with van der Waals surface area (Å²) in [6.45, 7) is 4.53. The van der Waals surface area contributed by atoms with Crippen molar-refractivity contribution in [2.75, 3.05) is 26.4 Å². The number of carbonyl (C=O) groups excluding carboxylic acids is 3. The molecular weight excluding hydrogens is 952 g/mol. The van der Waals surface area contributed by atoms with E-state index in [2.05, 4.69) is 81.5 Å². The number of esters is 3. The maximum Gasteiger partial charge on any atom is 0.472 e. The smallest absolute Gasteiger partial charge is 0.462 e. The predicted octanol–water partition coefficient (Wildman–Crippen LogP) is 17.9. The molecule has 2 N–H and O–H groups in total. The minimum absolute atomic E-state index is 0.167. The maximum absolute atomic E-state index is 12.9. The van der Waals surface area contributed by atoms with E-state index in [0.717, 1.165) is 122 Å². The van der Waals surface area contributed by atoms with E-state index in [9.17, 15) is 28.9 Å². The zero-order valence-electron chi connectivity index (χ0n) is 47.6. The van der Waals surface area contributed by atoms with Gasteiger partial charge in [-0.15, -0.1) is 0 Å². The Kier molecular flexibility index (Phi) is 54.2. The minimum Gasteiger partial charge on any atom is -0.462 e. The fraction of sp³-hybridized carbons (Fsp3) is 0.790. The fourth-order valence-corrected chi connectivity index (χ4v) is 9.13. The summed E-state index contributed by atoms with van der Waals surface area (Å²) in [6, 6.07) is 0. The van der Waals surface area contributed by atoms with Crippen LogP contribution in [0.3, 0.4) is 0 Å². The largest absolute Gasteiger partial charge is 0.472 e. The van der Waals surface area contributed by atoms with E-state index in [1.165, 1.54) is 96.3 Å². The van der Waals surface area contributed by atoms with Crippen LogP contribution in [0.25, 0.3) is 0 Å². The first-order valence-electron chi connectivity index (χ1n) is 30.2. The Bertz CT molecular complexity index is 1470. The van der Waals surface area contributed by atoms with Gasteiger partial charge in [0.15, 0.2) is 6.10 Å². The van der Waals surface area contributed by atoms with Gasteiger partial charge in [0.2, 0.25) is 0 Å². The van der Waals surface area contributed by atoms with Crippen LogP contribution in [0.5, 0.6) is 0 Å². The first-order valence-corrected chi connectivity index (χ1v) is 31.7. The topological polar surface area (TPSA) is 155 Å². The van der Waals surface area contributed by atoms with Gasteiger partial charge in [-0.05, 0) is 83.5 Å². The summed E-state index contributed by atoms with van der Waals surface area (Å²) in [5.74, 6) is -1.48. The fourth-order valence-electron chi connectivity index (χ4n) is 8.34. The minimum atomic E-state index is -4.75. The monoisotopic (exact) mass is 1060 g/mol. The summed E-state index contributed by atoms with van der Waals surface area (Å²) in [5.41, 5.74) is 0. The van der Waals surface area contributed by atoms with Gasteiger partial charge in [0, 0.05) is 19.3 Å². The highest BCUT2D eigenvalue weighted by Gasteiger charge is 2.28. The van der Waals surface area contributed by atoms with Gasteiger partial charge in [0.1, 0.15) is 12.7 Å². The van der Waals surface area contributed by atoms with Gasteiger partial charge < -0.3 is 24.2 Å². The summed E-state index contributed by atoms with van der Waals surface area (Å²) in [4.78, 5) is 48.6. The van der Waals surface area contributed by atoms with Gasteiger partial charge in [-0.1, -0.05) is 236 Å². The van der Waals surface area contributed by atoms with Crippen molar-refractivity contribution in [3.63, 3.8) is 0 Å². The number of allylic oxidation sites excluding steroid dienone is 10. The standard InChI is InChI=1S/C62H111O11P/c1-4-7-10-13-16-19-22-25-27-28-29-30-32-34-36-39-42-45-48-51-60(64)69-55-59(73-62(66)53-50-47-44-41-38-35-31-26-23-20-17-14-11-8-5-2)57-71-74(67,68)70-56-58(54-63)72-61(65)52-49-46-43-40-37-33-24-21-18-15-12-9-6-3/h7,10,16,19,21,24-25,27,29-30,58-59,63H,4-6,8-9,11-15,17-18,20,22-23,26,28,31-57H2,1-3H3,(H,67,68)/b10-7-,19-16-,24-21-,27-25-,30-29-. The third kappa shape index (κ3) is 54.0. The summed E-state index contributed by atoms with van der Waals surface area (Å²) in [6.07, 6.45) is 61.7. The normalized spacial score (nSPS) is 13.7. The van der Waals surface area contributed by atoms with Crippen molar-refractivity contribution in [1.82, 2.24) is 0 Å². The highest BCUT2D eigenvalue weighted by atomic mass is 31.2. The Hall–Kier alpha value is -2.82. The number of ether oxygens (including phenoxy) is 3. The molecule has 0 rings (SSSR count). The molecule has 0 aliphatic rings. The van der Waals surface area contributed by atoms with Crippen LogP contribution < -0.4 is 0 Å². The molecular formula is C62H111O11P. The average molecular weight is 1060 g/mol. The second-order valence-electron chi connectivity index (χ2n) is 20.1. The van der Waals surface area contributed by atoms with E-state index in [0.29, 0.717) is 19.3 Å². The molecule has 0 radical (unpaired) electrons. The highest BCUT2D eigenvalue weighted by molar-refractivity contribution is 7.47. The molecule has 0 fully saturated rings. The number of aliphatic hydroxyl groups excluding tert-OH is 1. The molecule has 0 saturated carbocycles. The van der Waals surface area contributed by atoms with E-state index < -0.39 is 57.8 Å². The highest BCUT2D eigenvalue weighted by Crippen LogP contribution is 2.43. The number of rotatable bonds is 56. The van der Waals surface area contributed by atoms with Crippen LogP contribution in [0.1, 0.15) is 278 Å². The van der Waals surface area contributed by atoms with Crippen molar-refractivity contribution >= 4 is 25.7 Å². The van der Waals surface area contributed by atoms with Gasteiger partial charge >= 0.3 is 25.7 Å². The molecule has 430 valence electrons. The second-order valence-corrected chi connectivity index (χ2v) is 21.6. The van der Waals surface area contributed by atoms with Crippen molar-refractivity contribution in [3.8, 4) is 0 Å². The molecule has 11 nitrogen and oxygen atoms in total. The van der Waals surface area contributed by atoms with Crippen molar-refractivity contribution in [2.24, 2.45) is 0 Å². The molecule has 0 amide bonds. The van der Waals surface area contributed by atoms with Crippen LogP contribution in [0, 0.1) is 0 Å². The molecule has 3 atom stereocenters. The Morgan fingerprint density at radius 3 is 1.11 bits per heavy atom. The second kappa shape index (κ2) is 56.4. The summed E-state index contributed by atoms with van der Waals surface area (Å²) >= 11 is 0. The summed E-state index contributed by atoms with van der Waals surface area (Å²) in [7, 11) is -4.75. The molecule has 0 aliphatic heterocycles. The predicted molar refractivity (Wildman–Crippen MR) is 307 cm³/mol. The van der Waals surface area contributed by atoms with Crippen LogP contribution in [0.4, 0.5) is 0 Å². The average Bonchev–Trinajstić information content (AvgIpc) is 3.39. The van der Waals surface area contributed by atoms with E-state index in [1.807, 2.05) is 0 Å². The van der Waals surface area contributed by atoms with Crippen molar-refractivity contribution < 1.29 is 52.2 Å². The number of phosphoric acid groups is 1.